The lowest BCUT2D eigenvalue weighted by atomic mass is 9.87. The van der Waals surface area contributed by atoms with Gasteiger partial charge in [0.05, 0.1) is 0 Å². The van der Waals surface area contributed by atoms with Gasteiger partial charge in [-0.2, -0.15) is 0 Å². The van der Waals surface area contributed by atoms with Gasteiger partial charge in [-0.15, -0.1) is 0 Å². The van der Waals surface area contributed by atoms with Gasteiger partial charge in [-0.25, -0.2) is 0 Å². The number of nitrogens with zero attached hydrogens (tertiary/aromatic N) is 1. The van der Waals surface area contributed by atoms with E-state index < -0.39 is 0 Å². The Morgan fingerprint density at radius 1 is 0.952 bits per heavy atom. The van der Waals surface area contributed by atoms with Crippen molar-refractivity contribution in [2.45, 2.75) is 84.1 Å². The highest BCUT2D eigenvalue weighted by Crippen LogP contribution is 2.25. The standard InChI is InChI=1S/C19H38N2/c1-3-5-12-21-15-18(9-4-2)13-19(16-21)20-14-17-10-7-6-8-11-17/h17-20H,3-16H2,1-2H3. The van der Waals surface area contributed by atoms with E-state index in [4.69, 9.17) is 0 Å². The monoisotopic (exact) mass is 294 g/mol. The van der Waals surface area contributed by atoms with Crippen molar-refractivity contribution in [3.8, 4) is 0 Å². The second-order valence-corrected chi connectivity index (χ2v) is 7.61. The molecular formula is C19H38N2. The summed E-state index contributed by atoms with van der Waals surface area (Å²) in [4.78, 5) is 2.74. The van der Waals surface area contributed by atoms with Crippen LogP contribution in [0.5, 0.6) is 0 Å². The summed E-state index contributed by atoms with van der Waals surface area (Å²) in [6.45, 7) is 9.91. The molecule has 2 heteroatoms. The minimum absolute atomic E-state index is 0.758. The van der Waals surface area contributed by atoms with Crippen LogP contribution in [0.3, 0.4) is 0 Å². The normalized spacial score (nSPS) is 28.9. The summed E-state index contributed by atoms with van der Waals surface area (Å²) in [5.74, 6) is 1.90. The van der Waals surface area contributed by atoms with Crippen molar-refractivity contribution in [3.63, 3.8) is 0 Å². The lowest BCUT2D eigenvalue weighted by Gasteiger charge is -2.39. The zero-order valence-corrected chi connectivity index (χ0v) is 14.6. The second kappa shape index (κ2) is 9.84. The summed E-state index contributed by atoms with van der Waals surface area (Å²) >= 11 is 0. The molecule has 1 aliphatic carbocycles. The molecule has 0 aromatic rings. The number of hydrogen-bond donors (Lipinski definition) is 1. The highest BCUT2D eigenvalue weighted by Gasteiger charge is 2.26. The van der Waals surface area contributed by atoms with Crippen LogP contribution in [-0.4, -0.2) is 37.1 Å². The van der Waals surface area contributed by atoms with Crippen molar-refractivity contribution < 1.29 is 0 Å². The molecule has 21 heavy (non-hydrogen) atoms. The predicted molar refractivity (Wildman–Crippen MR) is 92.7 cm³/mol. The Labute approximate surface area is 133 Å². The van der Waals surface area contributed by atoms with E-state index in [0.29, 0.717) is 0 Å². The molecule has 1 saturated carbocycles. The maximum absolute atomic E-state index is 3.94. The van der Waals surface area contributed by atoms with E-state index in [-0.39, 0.29) is 0 Å². The third kappa shape index (κ3) is 6.28. The summed E-state index contributed by atoms with van der Waals surface area (Å²) in [6.07, 6.45) is 14.2. The maximum Gasteiger partial charge on any atom is 0.0198 e. The van der Waals surface area contributed by atoms with Crippen molar-refractivity contribution in [2.75, 3.05) is 26.2 Å². The van der Waals surface area contributed by atoms with Gasteiger partial charge >= 0.3 is 0 Å². The Kier molecular flexibility index (Phi) is 8.10. The molecular weight excluding hydrogens is 256 g/mol. The third-order valence-corrected chi connectivity index (χ3v) is 5.56. The van der Waals surface area contributed by atoms with Crippen LogP contribution >= 0.6 is 0 Å². The minimum atomic E-state index is 0.758. The quantitative estimate of drug-likeness (QED) is 0.711. The van der Waals surface area contributed by atoms with Crippen molar-refractivity contribution >= 4 is 0 Å². The van der Waals surface area contributed by atoms with E-state index in [9.17, 15) is 0 Å². The molecule has 2 fully saturated rings. The van der Waals surface area contributed by atoms with Crippen LogP contribution in [0.4, 0.5) is 0 Å². The highest BCUT2D eigenvalue weighted by atomic mass is 15.2. The van der Waals surface area contributed by atoms with Crippen LogP contribution in [-0.2, 0) is 0 Å². The Morgan fingerprint density at radius 2 is 1.76 bits per heavy atom. The molecule has 124 valence electrons. The number of rotatable bonds is 8. The number of unbranched alkanes of at least 4 members (excludes halogenated alkanes) is 1. The van der Waals surface area contributed by atoms with Crippen LogP contribution in [0.15, 0.2) is 0 Å². The van der Waals surface area contributed by atoms with Gasteiger partial charge in [-0.05, 0) is 57.0 Å². The van der Waals surface area contributed by atoms with Gasteiger partial charge < -0.3 is 10.2 Å². The van der Waals surface area contributed by atoms with Crippen LogP contribution in [0.25, 0.3) is 0 Å². The van der Waals surface area contributed by atoms with Crippen LogP contribution in [0, 0.1) is 11.8 Å². The van der Waals surface area contributed by atoms with Crippen molar-refractivity contribution in [1.29, 1.82) is 0 Å². The van der Waals surface area contributed by atoms with Crippen molar-refractivity contribution in [2.24, 2.45) is 11.8 Å². The zero-order valence-electron chi connectivity index (χ0n) is 14.6. The lowest BCUT2D eigenvalue weighted by Crippen LogP contribution is -2.50. The molecule has 2 atom stereocenters. The third-order valence-electron chi connectivity index (χ3n) is 5.56. The van der Waals surface area contributed by atoms with E-state index in [1.54, 1.807) is 0 Å². The van der Waals surface area contributed by atoms with Crippen LogP contribution < -0.4 is 5.32 Å². The summed E-state index contributed by atoms with van der Waals surface area (Å²) in [5.41, 5.74) is 0. The number of hydrogen-bond acceptors (Lipinski definition) is 2. The van der Waals surface area contributed by atoms with Gasteiger partial charge in [-0.1, -0.05) is 46.0 Å². The maximum atomic E-state index is 3.94. The fraction of sp³-hybridized carbons (Fsp3) is 1.00. The van der Waals surface area contributed by atoms with Crippen molar-refractivity contribution in [3.05, 3.63) is 0 Å². The number of likely N-dealkylation sites (tertiary alicyclic amines) is 1. The molecule has 0 spiro atoms. The van der Waals surface area contributed by atoms with Gasteiger partial charge in [0.15, 0.2) is 0 Å². The van der Waals surface area contributed by atoms with Gasteiger partial charge in [0.25, 0.3) is 0 Å². The first-order valence-electron chi connectivity index (χ1n) is 9.77. The largest absolute Gasteiger partial charge is 0.312 e. The molecule has 0 amide bonds. The molecule has 1 N–H and O–H groups in total. The lowest BCUT2D eigenvalue weighted by molar-refractivity contribution is 0.130. The topological polar surface area (TPSA) is 15.3 Å². The Bertz CT molecular complexity index is 260. The Hall–Kier alpha value is -0.0800. The van der Waals surface area contributed by atoms with Gasteiger partial charge in [-0.3, -0.25) is 0 Å². The predicted octanol–water partition coefficient (Wildman–Crippen LogP) is 4.45. The summed E-state index contributed by atoms with van der Waals surface area (Å²) in [5, 5.41) is 3.94. The SMILES string of the molecule is CCCCN1CC(CCC)CC(NCC2CCCCC2)C1. The zero-order chi connectivity index (χ0) is 14.9. The highest BCUT2D eigenvalue weighted by molar-refractivity contribution is 4.84. The summed E-state index contributed by atoms with van der Waals surface area (Å²) in [7, 11) is 0. The molecule has 2 rings (SSSR count). The van der Waals surface area contributed by atoms with Crippen LogP contribution in [0.1, 0.15) is 78.1 Å². The molecule has 0 aromatic heterocycles. The molecule has 2 unspecified atom stereocenters. The van der Waals surface area contributed by atoms with E-state index in [1.807, 2.05) is 0 Å². The van der Waals surface area contributed by atoms with Gasteiger partial charge in [0.2, 0.25) is 0 Å². The number of nitrogens with one attached hydrogen (secondary N) is 1. The summed E-state index contributed by atoms with van der Waals surface area (Å²) in [6, 6.07) is 0.758. The minimum Gasteiger partial charge on any atom is -0.312 e. The Morgan fingerprint density at radius 3 is 2.48 bits per heavy atom. The molecule has 0 aromatic carbocycles. The molecule has 2 nitrogen and oxygen atoms in total. The van der Waals surface area contributed by atoms with Gasteiger partial charge in [0.1, 0.15) is 0 Å². The first kappa shape index (κ1) is 17.3. The van der Waals surface area contributed by atoms with Gasteiger partial charge in [0, 0.05) is 19.1 Å². The van der Waals surface area contributed by atoms with E-state index in [2.05, 4.69) is 24.1 Å². The average molecular weight is 295 g/mol. The van der Waals surface area contributed by atoms with Crippen LogP contribution in [0.2, 0.25) is 0 Å². The Balaban J connectivity index is 1.75. The average Bonchev–Trinajstić information content (AvgIpc) is 2.52. The smallest absolute Gasteiger partial charge is 0.0198 e. The molecule has 1 aliphatic heterocycles. The van der Waals surface area contributed by atoms with E-state index >= 15 is 0 Å². The first-order valence-corrected chi connectivity index (χ1v) is 9.77. The molecule has 1 saturated heterocycles. The van der Waals surface area contributed by atoms with E-state index in [1.165, 1.54) is 90.4 Å². The first-order chi connectivity index (χ1) is 10.3. The second-order valence-electron chi connectivity index (χ2n) is 7.61. The fourth-order valence-corrected chi connectivity index (χ4v) is 4.36. The number of piperidine rings is 1. The summed E-state index contributed by atoms with van der Waals surface area (Å²) < 4.78 is 0. The fourth-order valence-electron chi connectivity index (χ4n) is 4.36. The molecule has 1 heterocycles. The molecule has 0 bridgehead atoms. The molecule has 2 aliphatic rings. The molecule has 0 radical (unpaired) electrons. The van der Waals surface area contributed by atoms with Crippen molar-refractivity contribution in [1.82, 2.24) is 10.2 Å². The van der Waals surface area contributed by atoms with E-state index in [0.717, 1.165) is 17.9 Å².